The molecule has 0 amide bonds. The van der Waals surface area contributed by atoms with Crippen LogP contribution in [0.5, 0.6) is 0 Å². The van der Waals surface area contributed by atoms with Crippen LogP contribution in [0.15, 0.2) is 12.2 Å². The molecular weight excluding hydrogens is 198 g/mol. The maximum Gasteiger partial charge on any atom is 0.0890 e. The Hall–Kier alpha value is 0.400. The smallest absolute Gasteiger partial charge is 0.0890 e. The lowest BCUT2D eigenvalue weighted by atomic mass is 9.76. The summed E-state index contributed by atoms with van der Waals surface area (Å²) in [6.45, 7) is 13.4. The maximum absolute atomic E-state index is 4.24. The molecule has 2 heterocycles. The van der Waals surface area contributed by atoms with E-state index in [1.165, 1.54) is 5.57 Å². The fourth-order valence-electron chi connectivity index (χ4n) is 2.18. The van der Waals surface area contributed by atoms with E-state index < -0.39 is 0 Å². The molecule has 1 nitrogen and oxygen atoms in total. The van der Waals surface area contributed by atoms with Gasteiger partial charge in [-0.2, -0.15) is 0 Å². The molecule has 2 fully saturated rings. The van der Waals surface area contributed by atoms with Gasteiger partial charge in [-0.15, -0.1) is 0 Å². The summed E-state index contributed by atoms with van der Waals surface area (Å²) < 4.78 is 0. The van der Waals surface area contributed by atoms with Gasteiger partial charge in [-0.05, 0) is 26.7 Å². The van der Waals surface area contributed by atoms with E-state index in [9.17, 15) is 0 Å². The van der Waals surface area contributed by atoms with Gasteiger partial charge in [0.2, 0.25) is 0 Å². The molecule has 0 aromatic carbocycles. The first-order chi connectivity index (χ1) is 5.87. The van der Waals surface area contributed by atoms with Crippen LogP contribution in [0.1, 0.15) is 27.7 Å². The molecular formula is C10H17NS2. The van der Waals surface area contributed by atoms with Crippen molar-refractivity contribution in [3.63, 3.8) is 0 Å². The number of hydrogen-bond donors (Lipinski definition) is 1. The Bertz CT molecular complexity index is 248. The average Bonchev–Trinajstić information content (AvgIpc) is 1.98. The third-order valence-electron chi connectivity index (χ3n) is 3.36. The molecule has 0 bridgehead atoms. The van der Waals surface area contributed by atoms with Crippen molar-refractivity contribution in [3.05, 3.63) is 12.2 Å². The Morgan fingerprint density at radius 2 is 2.00 bits per heavy atom. The zero-order valence-corrected chi connectivity index (χ0v) is 10.3. The largest absolute Gasteiger partial charge is 0.295 e. The van der Waals surface area contributed by atoms with Gasteiger partial charge in [0.15, 0.2) is 0 Å². The SMILES string of the molecule is C=C1C(C)C(C)(C)NC2(C)SSC12. The van der Waals surface area contributed by atoms with E-state index in [1.807, 2.05) is 21.6 Å². The van der Waals surface area contributed by atoms with Crippen molar-refractivity contribution in [2.45, 2.75) is 43.4 Å². The third-order valence-corrected chi connectivity index (χ3v) is 7.16. The lowest BCUT2D eigenvalue weighted by Crippen LogP contribution is -2.67. The number of rotatable bonds is 0. The van der Waals surface area contributed by atoms with Crippen LogP contribution in [0.2, 0.25) is 0 Å². The maximum atomic E-state index is 4.24. The summed E-state index contributed by atoms with van der Waals surface area (Å²) >= 11 is 0. The second-order valence-corrected chi connectivity index (χ2v) is 7.57. The van der Waals surface area contributed by atoms with Gasteiger partial charge >= 0.3 is 0 Å². The third kappa shape index (κ3) is 1.28. The summed E-state index contributed by atoms with van der Waals surface area (Å²) in [6.07, 6.45) is 0. The summed E-state index contributed by atoms with van der Waals surface area (Å²) in [7, 11) is 3.90. The van der Waals surface area contributed by atoms with Crippen molar-refractivity contribution >= 4 is 21.6 Å². The van der Waals surface area contributed by atoms with Gasteiger partial charge in [0, 0.05) is 5.54 Å². The van der Waals surface area contributed by atoms with Crippen LogP contribution in [-0.2, 0) is 0 Å². The fourth-order valence-corrected chi connectivity index (χ4v) is 5.44. The summed E-state index contributed by atoms with van der Waals surface area (Å²) in [5.41, 5.74) is 1.60. The first-order valence-electron chi connectivity index (χ1n) is 4.69. The molecule has 1 N–H and O–H groups in total. The van der Waals surface area contributed by atoms with E-state index in [4.69, 9.17) is 0 Å². The minimum atomic E-state index is 0.191. The van der Waals surface area contributed by atoms with Gasteiger partial charge in [0.05, 0.1) is 10.1 Å². The van der Waals surface area contributed by atoms with E-state index in [0.29, 0.717) is 11.2 Å². The first kappa shape index (κ1) is 9.94. The van der Waals surface area contributed by atoms with E-state index in [1.54, 1.807) is 0 Å². The molecule has 2 saturated heterocycles. The van der Waals surface area contributed by atoms with Gasteiger partial charge in [-0.1, -0.05) is 40.7 Å². The molecule has 13 heavy (non-hydrogen) atoms. The standard InChI is InChI=1S/C10H17NS2/c1-6-7(2)9(3,4)11-10(5)8(6)12-13-10/h7-8,11H,1H2,2-5H3. The molecule has 0 aromatic rings. The van der Waals surface area contributed by atoms with E-state index in [2.05, 4.69) is 39.6 Å². The molecule has 0 spiro atoms. The molecule has 74 valence electrons. The van der Waals surface area contributed by atoms with Crippen molar-refractivity contribution < 1.29 is 0 Å². The second-order valence-electron chi connectivity index (χ2n) is 4.81. The number of piperidine rings is 1. The van der Waals surface area contributed by atoms with Gasteiger partial charge in [0.1, 0.15) is 0 Å². The highest BCUT2D eigenvalue weighted by atomic mass is 33.1. The Morgan fingerprint density at radius 1 is 1.38 bits per heavy atom. The van der Waals surface area contributed by atoms with Crippen LogP contribution < -0.4 is 5.32 Å². The predicted molar refractivity (Wildman–Crippen MR) is 62.9 cm³/mol. The zero-order valence-electron chi connectivity index (χ0n) is 8.68. The monoisotopic (exact) mass is 215 g/mol. The normalized spacial score (nSPS) is 48.2. The zero-order chi connectivity index (χ0) is 9.85. The molecule has 0 aromatic heterocycles. The molecule has 3 atom stereocenters. The van der Waals surface area contributed by atoms with Crippen molar-refractivity contribution in [2.24, 2.45) is 5.92 Å². The first-order valence-corrected chi connectivity index (χ1v) is 6.91. The summed E-state index contributed by atoms with van der Waals surface area (Å²) in [4.78, 5) is 0.234. The quantitative estimate of drug-likeness (QED) is 0.493. The lowest BCUT2D eigenvalue weighted by molar-refractivity contribution is 0.216. The van der Waals surface area contributed by atoms with Crippen LogP contribution in [0, 0.1) is 5.92 Å². The minimum absolute atomic E-state index is 0.191. The topological polar surface area (TPSA) is 12.0 Å². The fraction of sp³-hybridized carbons (Fsp3) is 0.800. The molecule has 3 heteroatoms. The van der Waals surface area contributed by atoms with Gasteiger partial charge in [-0.3, -0.25) is 5.32 Å². The van der Waals surface area contributed by atoms with E-state index in [-0.39, 0.29) is 10.4 Å². The lowest BCUT2D eigenvalue weighted by Gasteiger charge is -2.58. The molecule has 3 unspecified atom stereocenters. The highest BCUT2D eigenvalue weighted by molar-refractivity contribution is 8.80. The molecule has 0 saturated carbocycles. The highest BCUT2D eigenvalue weighted by Gasteiger charge is 2.55. The van der Waals surface area contributed by atoms with Gasteiger partial charge in [-0.25, -0.2) is 0 Å². The summed E-state index contributed by atoms with van der Waals surface area (Å²) in [5.74, 6) is 0.568. The van der Waals surface area contributed by atoms with E-state index in [0.717, 1.165) is 0 Å². The van der Waals surface area contributed by atoms with Crippen molar-refractivity contribution in [1.82, 2.24) is 5.32 Å². The second kappa shape index (κ2) is 2.71. The van der Waals surface area contributed by atoms with Crippen LogP contribution in [0.25, 0.3) is 0 Å². The summed E-state index contributed by atoms with van der Waals surface area (Å²) in [5, 5.41) is 4.34. The van der Waals surface area contributed by atoms with E-state index >= 15 is 0 Å². The average molecular weight is 215 g/mol. The van der Waals surface area contributed by atoms with Gasteiger partial charge in [0.25, 0.3) is 0 Å². The van der Waals surface area contributed by atoms with Crippen LogP contribution in [-0.4, -0.2) is 15.7 Å². The van der Waals surface area contributed by atoms with Crippen LogP contribution in [0.4, 0.5) is 0 Å². The van der Waals surface area contributed by atoms with Crippen molar-refractivity contribution in [1.29, 1.82) is 0 Å². The Kier molecular flexibility index (Phi) is 2.07. The molecule has 2 aliphatic heterocycles. The molecule has 2 aliphatic rings. The molecule has 2 rings (SSSR count). The van der Waals surface area contributed by atoms with Gasteiger partial charge < -0.3 is 0 Å². The molecule has 0 radical (unpaired) electrons. The Labute approximate surface area is 88.5 Å². The number of hydrogen-bond acceptors (Lipinski definition) is 3. The van der Waals surface area contributed by atoms with Crippen molar-refractivity contribution in [3.8, 4) is 0 Å². The molecule has 0 aliphatic carbocycles. The minimum Gasteiger partial charge on any atom is -0.295 e. The number of fused-ring (bicyclic) bond motifs is 1. The Morgan fingerprint density at radius 3 is 2.46 bits per heavy atom. The Balaban J connectivity index is 2.29. The highest BCUT2D eigenvalue weighted by Crippen LogP contribution is 2.61. The predicted octanol–water partition coefficient (Wildman–Crippen LogP) is 3.04. The summed E-state index contributed by atoms with van der Waals surface area (Å²) in [6, 6.07) is 0. The van der Waals surface area contributed by atoms with Crippen LogP contribution in [0.3, 0.4) is 0 Å². The van der Waals surface area contributed by atoms with Crippen LogP contribution >= 0.6 is 21.6 Å². The van der Waals surface area contributed by atoms with Crippen molar-refractivity contribution in [2.75, 3.05) is 0 Å². The number of nitrogens with one attached hydrogen (secondary N) is 1.